The Morgan fingerprint density at radius 3 is 2.78 bits per heavy atom. The van der Waals surface area contributed by atoms with Gasteiger partial charge < -0.3 is 10.5 Å². The molecule has 2 heterocycles. The van der Waals surface area contributed by atoms with Gasteiger partial charge in [-0.3, -0.25) is 0 Å². The van der Waals surface area contributed by atoms with E-state index in [0.717, 1.165) is 14.7 Å². The molecule has 0 amide bonds. The number of fused-ring (bicyclic) bond motifs is 1. The summed E-state index contributed by atoms with van der Waals surface area (Å²) in [7, 11) is 0. The molecule has 6 heteroatoms. The third-order valence-electron chi connectivity index (χ3n) is 2.14. The molecule has 0 radical (unpaired) electrons. The van der Waals surface area contributed by atoms with E-state index in [1.54, 1.807) is 6.20 Å². The van der Waals surface area contributed by atoms with Gasteiger partial charge in [0.25, 0.3) is 0 Å². The van der Waals surface area contributed by atoms with Crippen LogP contribution in [0.5, 0.6) is 0 Å². The third kappa shape index (κ3) is 2.64. The number of hydrogen-bond acceptors (Lipinski definition) is 5. The molecule has 2 aromatic heterocycles. The lowest BCUT2D eigenvalue weighted by molar-refractivity contribution is 0.00765. The Morgan fingerprint density at radius 1 is 1.50 bits per heavy atom. The van der Waals surface area contributed by atoms with Crippen LogP contribution in [0.2, 0.25) is 0 Å². The number of halogens is 1. The summed E-state index contributed by atoms with van der Waals surface area (Å²) in [4.78, 5) is 17.4. The first kappa shape index (κ1) is 13.3. The molecule has 0 spiro atoms. The zero-order valence-electron chi connectivity index (χ0n) is 10.3. The van der Waals surface area contributed by atoms with Gasteiger partial charge in [0.05, 0.1) is 5.69 Å². The lowest BCUT2D eigenvalue weighted by Gasteiger charge is -2.18. The van der Waals surface area contributed by atoms with Crippen molar-refractivity contribution in [2.45, 2.75) is 26.4 Å². The summed E-state index contributed by atoms with van der Waals surface area (Å²) in [5.74, 6) is -0.404. The minimum atomic E-state index is -0.534. The lowest BCUT2D eigenvalue weighted by Crippen LogP contribution is -2.23. The van der Waals surface area contributed by atoms with Crippen molar-refractivity contribution in [1.82, 2.24) is 4.98 Å². The van der Waals surface area contributed by atoms with Gasteiger partial charge in [-0.2, -0.15) is 0 Å². The molecule has 0 saturated carbocycles. The third-order valence-corrected chi connectivity index (χ3v) is 3.68. The van der Waals surface area contributed by atoms with E-state index in [2.05, 4.69) is 20.9 Å². The minimum absolute atomic E-state index is 0.404. The van der Waals surface area contributed by atoms with Crippen LogP contribution in [-0.4, -0.2) is 16.6 Å². The Morgan fingerprint density at radius 2 is 2.17 bits per heavy atom. The van der Waals surface area contributed by atoms with Crippen molar-refractivity contribution in [2.75, 3.05) is 5.73 Å². The Labute approximate surface area is 117 Å². The highest BCUT2D eigenvalue weighted by molar-refractivity contribution is 9.10. The molecule has 4 nitrogen and oxygen atoms in total. The van der Waals surface area contributed by atoms with Gasteiger partial charge in [-0.25, -0.2) is 9.78 Å². The number of nitrogens with zero attached hydrogens (tertiary/aromatic N) is 1. The van der Waals surface area contributed by atoms with Crippen LogP contribution in [0.1, 0.15) is 30.4 Å². The molecule has 18 heavy (non-hydrogen) atoms. The van der Waals surface area contributed by atoms with Crippen LogP contribution in [0.25, 0.3) is 10.2 Å². The molecule has 0 aliphatic rings. The van der Waals surface area contributed by atoms with Crippen LogP contribution >= 0.6 is 27.3 Å². The van der Waals surface area contributed by atoms with Gasteiger partial charge in [0.1, 0.15) is 15.3 Å². The Hall–Kier alpha value is -1.14. The topological polar surface area (TPSA) is 65.2 Å². The zero-order valence-corrected chi connectivity index (χ0v) is 12.7. The summed E-state index contributed by atoms with van der Waals surface area (Å²) in [6.07, 6.45) is 1.68. The fraction of sp³-hybridized carbons (Fsp3) is 0.333. The normalized spacial score (nSPS) is 11.8. The number of nitrogen functional groups attached to an aromatic ring is 1. The van der Waals surface area contributed by atoms with Crippen molar-refractivity contribution in [3.05, 3.63) is 21.6 Å². The highest BCUT2D eigenvalue weighted by Gasteiger charge is 2.23. The van der Waals surface area contributed by atoms with E-state index >= 15 is 0 Å². The standard InChI is InChI=1S/C12H13BrN2O2S/c1-12(2,3)17-11(16)9-8(14)7-4-6(13)5-15-10(7)18-9/h4-5H,14H2,1-3H3. The first-order valence-electron chi connectivity index (χ1n) is 5.35. The second-order valence-electron chi connectivity index (χ2n) is 4.85. The maximum Gasteiger partial charge on any atom is 0.351 e. The molecule has 0 aliphatic heterocycles. The first-order chi connectivity index (χ1) is 8.28. The molecule has 0 unspecified atom stereocenters. The smallest absolute Gasteiger partial charge is 0.351 e. The fourth-order valence-corrected chi connectivity index (χ4v) is 2.70. The van der Waals surface area contributed by atoms with Gasteiger partial charge in [-0.15, -0.1) is 11.3 Å². The average molecular weight is 329 g/mol. The molecule has 0 atom stereocenters. The highest BCUT2D eigenvalue weighted by atomic mass is 79.9. The minimum Gasteiger partial charge on any atom is -0.456 e. The summed E-state index contributed by atoms with van der Waals surface area (Å²) >= 11 is 4.58. The molecular formula is C12H13BrN2O2S. The SMILES string of the molecule is CC(C)(C)OC(=O)c1sc2ncc(Br)cc2c1N. The van der Waals surface area contributed by atoms with Crippen molar-refractivity contribution in [1.29, 1.82) is 0 Å². The molecule has 0 aliphatic carbocycles. The number of carbonyl (C=O) groups is 1. The quantitative estimate of drug-likeness (QED) is 0.812. The van der Waals surface area contributed by atoms with Gasteiger partial charge >= 0.3 is 5.97 Å². The summed E-state index contributed by atoms with van der Waals surface area (Å²) in [5, 5.41) is 0.773. The molecular weight excluding hydrogens is 316 g/mol. The Kier molecular flexibility index (Phi) is 3.33. The van der Waals surface area contributed by atoms with Crippen molar-refractivity contribution >= 4 is 49.1 Å². The van der Waals surface area contributed by atoms with E-state index in [9.17, 15) is 4.79 Å². The van der Waals surface area contributed by atoms with E-state index in [4.69, 9.17) is 10.5 Å². The number of rotatable bonds is 1. The van der Waals surface area contributed by atoms with Gasteiger partial charge in [-0.1, -0.05) is 0 Å². The van der Waals surface area contributed by atoms with Crippen LogP contribution in [0.3, 0.4) is 0 Å². The number of hydrogen-bond donors (Lipinski definition) is 1. The monoisotopic (exact) mass is 328 g/mol. The second-order valence-corrected chi connectivity index (χ2v) is 6.77. The van der Waals surface area contributed by atoms with Crippen LogP contribution in [0, 0.1) is 0 Å². The molecule has 0 fully saturated rings. The number of thiophene rings is 1. The summed E-state index contributed by atoms with van der Waals surface area (Å²) in [6.45, 7) is 5.47. The number of pyridine rings is 1. The van der Waals surface area contributed by atoms with Gasteiger partial charge in [0.2, 0.25) is 0 Å². The fourth-order valence-electron chi connectivity index (χ4n) is 1.45. The molecule has 0 saturated heterocycles. The van der Waals surface area contributed by atoms with E-state index in [-0.39, 0.29) is 0 Å². The van der Waals surface area contributed by atoms with Crippen molar-refractivity contribution < 1.29 is 9.53 Å². The summed E-state index contributed by atoms with van der Waals surface area (Å²) < 4.78 is 6.15. The van der Waals surface area contributed by atoms with Gasteiger partial charge in [-0.05, 0) is 42.8 Å². The van der Waals surface area contributed by atoms with Crippen LogP contribution < -0.4 is 5.73 Å². The first-order valence-corrected chi connectivity index (χ1v) is 6.96. The van der Waals surface area contributed by atoms with Crippen LogP contribution in [0.4, 0.5) is 5.69 Å². The predicted octanol–water partition coefficient (Wildman–Crippen LogP) is 3.60. The van der Waals surface area contributed by atoms with E-state index in [1.165, 1.54) is 11.3 Å². The van der Waals surface area contributed by atoms with E-state index < -0.39 is 11.6 Å². The predicted molar refractivity (Wildman–Crippen MR) is 76.9 cm³/mol. The summed E-state index contributed by atoms with van der Waals surface area (Å²) in [5.41, 5.74) is 5.87. The van der Waals surface area contributed by atoms with Gasteiger partial charge in [0.15, 0.2) is 0 Å². The van der Waals surface area contributed by atoms with Crippen LogP contribution in [-0.2, 0) is 4.74 Å². The zero-order chi connectivity index (χ0) is 13.5. The average Bonchev–Trinajstić information content (AvgIpc) is 2.54. The molecule has 2 rings (SSSR count). The number of nitrogens with two attached hydrogens (primary N) is 1. The van der Waals surface area contributed by atoms with E-state index in [1.807, 2.05) is 26.8 Å². The highest BCUT2D eigenvalue weighted by Crippen LogP contribution is 2.34. The van der Waals surface area contributed by atoms with Crippen molar-refractivity contribution in [3.8, 4) is 0 Å². The summed E-state index contributed by atoms with van der Waals surface area (Å²) in [6, 6.07) is 1.85. The van der Waals surface area contributed by atoms with Crippen molar-refractivity contribution in [3.63, 3.8) is 0 Å². The number of carbonyl (C=O) groups excluding carboxylic acids is 1. The molecule has 2 N–H and O–H groups in total. The molecule has 0 aromatic carbocycles. The van der Waals surface area contributed by atoms with Crippen molar-refractivity contribution in [2.24, 2.45) is 0 Å². The number of esters is 1. The van der Waals surface area contributed by atoms with Crippen LogP contribution in [0.15, 0.2) is 16.7 Å². The number of ether oxygens (including phenoxy) is 1. The molecule has 0 bridgehead atoms. The number of anilines is 1. The molecule has 96 valence electrons. The van der Waals surface area contributed by atoms with Gasteiger partial charge in [0, 0.05) is 16.1 Å². The Bertz CT molecular complexity index is 616. The maximum atomic E-state index is 12.0. The maximum absolute atomic E-state index is 12.0. The number of aromatic nitrogens is 1. The Balaban J connectivity index is 2.46. The van der Waals surface area contributed by atoms with E-state index in [0.29, 0.717) is 10.6 Å². The second kappa shape index (κ2) is 4.51. The largest absolute Gasteiger partial charge is 0.456 e. The lowest BCUT2D eigenvalue weighted by atomic mass is 10.2. The molecule has 2 aromatic rings.